The molecule has 0 bridgehead atoms. The highest BCUT2D eigenvalue weighted by molar-refractivity contribution is 5.83. The number of carbonyl (C=O) groups is 1. The smallest absolute Gasteiger partial charge is 0.324 e. The first kappa shape index (κ1) is 12.2. The summed E-state index contributed by atoms with van der Waals surface area (Å²) in [6, 6.07) is 2.13. The molecule has 0 amide bonds. The zero-order valence-electron chi connectivity index (χ0n) is 10.8. The van der Waals surface area contributed by atoms with Crippen LogP contribution >= 0.6 is 0 Å². The van der Waals surface area contributed by atoms with E-state index in [-0.39, 0.29) is 19.2 Å². The fourth-order valence-electron chi connectivity index (χ4n) is 2.84. The van der Waals surface area contributed by atoms with Gasteiger partial charge in [0.05, 0.1) is 26.0 Å². The van der Waals surface area contributed by atoms with Gasteiger partial charge in [-0.05, 0) is 19.3 Å². The largest absolute Gasteiger partial charge is 0.468 e. The molecule has 6 nitrogen and oxygen atoms in total. The average molecular weight is 261 g/mol. The van der Waals surface area contributed by atoms with Crippen molar-refractivity contribution in [3.63, 3.8) is 0 Å². The Kier molecular flexibility index (Phi) is 2.79. The predicted molar refractivity (Wildman–Crippen MR) is 64.4 cm³/mol. The number of methoxy groups -OCH3 is 1. The fraction of sp³-hybridized carbons (Fsp3) is 0.615. The summed E-state index contributed by atoms with van der Waals surface area (Å²) in [6.45, 7) is 1.36. The summed E-state index contributed by atoms with van der Waals surface area (Å²) in [5.74, 6) is 0.304. The SMILES string of the molecule is COC(=O)C1(c2nc(C#N)c3n2CCCC3)COC1. The van der Waals surface area contributed by atoms with Crippen molar-refractivity contribution in [3.05, 3.63) is 17.2 Å². The maximum Gasteiger partial charge on any atom is 0.324 e. The number of hydrogen-bond acceptors (Lipinski definition) is 5. The molecule has 0 atom stereocenters. The van der Waals surface area contributed by atoms with Crippen LogP contribution in [0.25, 0.3) is 0 Å². The molecule has 6 heteroatoms. The zero-order chi connectivity index (χ0) is 13.5. The van der Waals surface area contributed by atoms with Crippen LogP contribution in [0.1, 0.15) is 30.1 Å². The minimum atomic E-state index is -0.823. The minimum Gasteiger partial charge on any atom is -0.468 e. The molecule has 2 aliphatic rings. The van der Waals surface area contributed by atoms with Gasteiger partial charge in [-0.2, -0.15) is 5.26 Å². The number of hydrogen-bond donors (Lipinski definition) is 0. The zero-order valence-corrected chi connectivity index (χ0v) is 10.8. The molecule has 0 unspecified atom stereocenters. The second-order valence-corrected chi connectivity index (χ2v) is 5.02. The van der Waals surface area contributed by atoms with Crippen LogP contribution in [0, 0.1) is 11.3 Å². The van der Waals surface area contributed by atoms with Crippen LogP contribution in [-0.4, -0.2) is 35.8 Å². The molecule has 1 saturated heterocycles. The molecule has 0 spiro atoms. The monoisotopic (exact) mass is 261 g/mol. The molecule has 0 aromatic carbocycles. The number of imidazole rings is 1. The Morgan fingerprint density at radius 2 is 2.32 bits per heavy atom. The lowest BCUT2D eigenvalue weighted by Crippen LogP contribution is -2.55. The van der Waals surface area contributed by atoms with E-state index in [1.807, 2.05) is 4.57 Å². The molecular weight excluding hydrogens is 246 g/mol. The summed E-state index contributed by atoms with van der Waals surface area (Å²) in [5.41, 5.74) is 0.555. The van der Waals surface area contributed by atoms with E-state index in [0.717, 1.165) is 31.5 Å². The van der Waals surface area contributed by atoms with Crippen LogP contribution in [0.2, 0.25) is 0 Å². The lowest BCUT2D eigenvalue weighted by molar-refractivity contribution is -0.168. The number of ether oxygens (including phenoxy) is 2. The van der Waals surface area contributed by atoms with Gasteiger partial charge in [0.25, 0.3) is 0 Å². The van der Waals surface area contributed by atoms with Gasteiger partial charge in [-0.15, -0.1) is 0 Å². The van der Waals surface area contributed by atoms with Crippen LogP contribution in [0.3, 0.4) is 0 Å². The van der Waals surface area contributed by atoms with Crippen LogP contribution in [0.15, 0.2) is 0 Å². The molecule has 3 rings (SSSR count). The Labute approximate surface area is 110 Å². The van der Waals surface area contributed by atoms with E-state index in [1.54, 1.807) is 0 Å². The number of rotatable bonds is 2. The van der Waals surface area contributed by atoms with Gasteiger partial charge in [0, 0.05) is 6.54 Å². The number of nitrogens with zero attached hydrogens (tertiary/aromatic N) is 3. The molecule has 0 radical (unpaired) electrons. The molecule has 100 valence electrons. The molecule has 1 fully saturated rings. The maximum absolute atomic E-state index is 12.1. The maximum atomic E-state index is 12.1. The fourth-order valence-corrected chi connectivity index (χ4v) is 2.84. The van der Waals surface area contributed by atoms with Gasteiger partial charge in [0.1, 0.15) is 11.9 Å². The Balaban J connectivity index is 2.12. The Bertz CT molecular complexity index is 566. The van der Waals surface area contributed by atoms with Gasteiger partial charge in [-0.1, -0.05) is 0 Å². The lowest BCUT2D eigenvalue weighted by atomic mass is 9.84. The highest BCUT2D eigenvalue weighted by Gasteiger charge is 2.53. The van der Waals surface area contributed by atoms with Crippen LogP contribution in [0.5, 0.6) is 0 Å². The van der Waals surface area contributed by atoms with Gasteiger partial charge in [-0.25, -0.2) is 4.98 Å². The second kappa shape index (κ2) is 4.35. The molecule has 0 saturated carbocycles. The second-order valence-electron chi connectivity index (χ2n) is 5.02. The summed E-state index contributed by atoms with van der Waals surface area (Å²) < 4.78 is 12.1. The molecule has 0 N–H and O–H groups in total. The first-order chi connectivity index (χ1) is 9.23. The Morgan fingerprint density at radius 1 is 1.53 bits per heavy atom. The summed E-state index contributed by atoms with van der Waals surface area (Å²) in [6.07, 6.45) is 2.94. The van der Waals surface area contributed by atoms with Crippen molar-refractivity contribution in [3.8, 4) is 6.07 Å². The van der Waals surface area contributed by atoms with Crippen molar-refractivity contribution < 1.29 is 14.3 Å². The summed E-state index contributed by atoms with van der Waals surface area (Å²) in [4.78, 5) is 16.5. The molecule has 1 aromatic heterocycles. The predicted octanol–water partition coefficient (Wildman–Crippen LogP) is 0.532. The number of esters is 1. The standard InChI is InChI=1S/C13H15N3O3/c1-18-12(17)13(7-19-8-13)11-15-9(6-14)10-4-2-3-5-16(10)11/h2-5,7-8H2,1H3. The molecule has 0 aliphatic carbocycles. The van der Waals surface area contributed by atoms with Crippen molar-refractivity contribution in [1.82, 2.24) is 9.55 Å². The summed E-state index contributed by atoms with van der Waals surface area (Å²) in [7, 11) is 1.37. The van der Waals surface area contributed by atoms with E-state index in [9.17, 15) is 10.1 Å². The number of nitriles is 1. The van der Waals surface area contributed by atoms with Crippen molar-refractivity contribution in [2.75, 3.05) is 20.3 Å². The van der Waals surface area contributed by atoms with E-state index in [1.165, 1.54) is 7.11 Å². The number of fused-ring (bicyclic) bond motifs is 1. The first-order valence-corrected chi connectivity index (χ1v) is 6.39. The molecule has 19 heavy (non-hydrogen) atoms. The van der Waals surface area contributed by atoms with E-state index in [0.29, 0.717) is 11.5 Å². The molecular formula is C13H15N3O3. The number of aromatic nitrogens is 2. The topological polar surface area (TPSA) is 77.1 Å². The van der Waals surface area contributed by atoms with Crippen LogP contribution in [0.4, 0.5) is 0 Å². The quantitative estimate of drug-likeness (QED) is 0.726. The minimum absolute atomic E-state index is 0.279. The van der Waals surface area contributed by atoms with Crippen LogP contribution in [-0.2, 0) is 32.6 Å². The third-order valence-electron chi connectivity index (χ3n) is 3.92. The Morgan fingerprint density at radius 3 is 2.89 bits per heavy atom. The molecule has 2 aliphatic heterocycles. The van der Waals surface area contributed by atoms with Gasteiger partial charge in [0.15, 0.2) is 11.1 Å². The first-order valence-electron chi connectivity index (χ1n) is 6.39. The normalized spacial score (nSPS) is 20.0. The highest BCUT2D eigenvalue weighted by atomic mass is 16.5. The van der Waals surface area contributed by atoms with Crippen molar-refractivity contribution >= 4 is 5.97 Å². The summed E-state index contributed by atoms with van der Waals surface area (Å²) >= 11 is 0. The van der Waals surface area contributed by atoms with E-state index in [2.05, 4.69) is 11.1 Å². The third-order valence-corrected chi connectivity index (χ3v) is 3.92. The summed E-state index contributed by atoms with van der Waals surface area (Å²) in [5, 5.41) is 9.19. The number of carbonyl (C=O) groups excluding carboxylic acids is 1. The van der Waals surface area contributed by atoms with E-state index >= 15 is 0 Å². The molecule has 1 aromatic rings. The van der Waals surface area contributed by atoms with Crippen molar-refractivity contribution in [1.29, 1.82) is 5.26 Å². The van der Waals surface area contributed by atoms with Crippen LogP contribution < -0.4 is 0 Å². The Hall–Kier alpha value is -1.87. The average Bonchev–Trinajstić information content (AvgIpc) is 2.77. The van der Waals surface area contributed by atoms with Crippen molar-refractivity contribution in [2.45, 2.75) is 31.2 Å². The van der Waals surface area contributed by atoms with E-state index < -0.39 is 5.41 Å². The lowest BCUT2D eigenvalue weighted by Gasteiger charge is -2.38. The van der Waals surface area contributed by atoms with Gasteiger partial charge in [0.2, 0.25) is 0 Å². The van der Waals surface area contributed by atoms with Gasteiger partial charge < -0.3 is 14.0 Å². The van der Waals surface area contributed by atoms with Gasteiger partial charge in [-0.3, -0.25) is 4.79 Å². The van der Waals surface area contributed by atoms with Gasteiger partial charge >= 0.3 is 5.97 Å². The third kappa shape index (κ3) is 1.58. The van der Waals surface area contributed by atoms with E-state index in [4.69, 9.17) is 9.47 Å². The molecule has 3 heterocycles. The highest BCUT2D eigenvalue weighted by Crippen LogP contribution is 2.35. The van der Waals surface area contributed by atoms with Crippen molar-refractivity contribution in [2.24, 2.45) is 0 Å².